The molecule has 3 aromatic rings. The van der Waals surface area contributed by atoms with Crippen LogP contribution in [0.4, 0.5) is 0 Å². The summed E-state index contributed by atoms with van der Waals surface area (Å²) >= 11 is 1.50. The number of hydrogen-bond donors (Lipinski definition) is 0. The van der Waals surface area contributed by atoms with Crippen molar-refractivity contribution in [3.8, 4) is 15.7 Å². The predicted molar refractivity (Wildman–Crippen MR) is 69.7 cm³/mol. The molecule has 0 unspecified atom stereocenters. The first-order valence-corrected chi connectivity index (χ1v) is 6.35. The Balaban J connectivity index is 2.02. The Morgan fingerprint density at radius 3 is 2.50 bits per heavy atom. The van der Waals surface area contributed by atoms with Gasteiger partial charge in [0, 0.05) is 5.56 Å². The number of nitrogens with zero attached hydrogens (tertiary/aromatic N) is 5. The minimum Gasteiger partial charge on any atom is -0.217 e. The minimum absolute atomic E-state index is 0.740. The van der Waals surface area contributed by atoms with Crippen molar-refractivity contribution in [2.24, 2.45) is 0 Å². The van der Waals surface area contributed by atoms with E-state index in [2.05, 4.69) is 20.3 Å². The van der Waals surface area contributed by atoms with Crippen molar-refractivity contribution >= 4 is 11.3 Å². The van der Waals surface area contributed by atoms with Crippen molar-refractivity contribution in [3.05, 3.63) is 42.0 Å². The van der Waals surface area contributed by atoms with Crippen LogP contribution in [-0.2, 0) is 0 Å². The molecule has 0 aliphatic heterocycles. The lowest BCUT2D eigenvalue weighted by molar-refractivity contribution is 0.806. The monoisotopic (exact) mass is 257 g/mol. The second-order valence-electron chi connectivity index (χ2n) is 3.87. The minimum atomic E-state index is 0.740. The Morgan fingerprint density at radius 1 is 1.06 bits per heavy atom. The van der Waals surface area contributed by atoms with E-state index in [0.29, 0.717) is 0 Å². The summed E-state index contributed by atoms with van der Waals surface area (Å²) in [5, 5.41) is 14.3. The highest BCUT2D eigenvalue weighted by atomic mass is 32.1. The number of aromatic nitrogens is 5. The fourth-order valence-electron chi connectivity index (χ4n) is 1.70. The van der Waals surface area contributed by atoms with Crippen LogP contribution in [0.2, 0.25) is 0 Å². The lowest BCUT2D eigenvalue weighted by Crippen LogP contribution is -1.98. The topological polar surface area (TPSA) is 56.5 Å². The maximum atomic E-state index is 4.30. The van der Waals surface area contributed by atoms with Crippen LogP contribution in [0.5, 0.6) is 0 Å². The molecule has 5 nitrogen and oxygen atoms in total. The van der Waals surface area contributed by atoms with Crippen LogP contribution >= 0.6 is 11.3 Å². The van der Waals surface area contributed by atoms with Gasteiger partial charge >= 0.3 is 0 Å². The zero-order valence-corrected chi connectivity index (χ0v) is 10.8. The molecule has 18 heavy (non-hydrogen) atoms. The molecule has 0 radical (unpaired) electrons. The molecular weight excluding hydrogens is 246 g/mol. The standard InChI is InChI=1S/C12H11N5S/c1-8-13-9(2)17(16-8)12-15-14-11(18-12)10-6-4-3-5-7-10/h3-7H,1-2H3. The van der Waals surface area contributed by atoms with Crippen LogP contribution < -0.4 is 0 Å². The molecule has 0 amide bonds. The van der Waals surface area contributed by atoms with Gasteiger partial charge in [-0.15, -0.1) is 15.3 Å². The van der Waals surface area contributed by atoms with E-state index in [-0.39, 0.29) is 0 Å². The molecule has 0 bridgehead atoms. The molecule has 0 spiro atoms. The Bertz CT molecular complexity index is 671. The average Bonchev–Trinajstić information content (AvgIpc) is 2.97. The molecular formula is C12H11N5S. The molecule has 3 rings (SSSR count). The maximum Gasteiger partial charge on any atom is 0.234 e. The molecule has 0 atom stereocenters. The summed E-state index contributed by atoms with van der Waals surface area (Å²) in [5.41, 5.74) is 1.07. The van der Waals surface area contributed by atoms with Crippen LogP contribution in [0, 0.1) is 13.8 Å². The zero-order chi connectivity index (χ0) is 12.5. The van der Waals surface area contributed by atoms with Gasteiger partial charge in [-0.1, -0.05) is 41.7 Å². The Hall–Kier alpha value is -2.08. The van der Waals surface area contributed by atoms with E-state index in [4.69, 9.17) is 0 Å². The van der Waals surface area contributed by atoms with E-state index < -0.39 is 0 Å². The van der Waals surface area contributed by atoms with E-state index in [0.717, 1.165) is 27.4 Å². The van der Waals surface area contributed by atoms with Crippen molar-refractivity contribution in [2.75, 3.05) is 0 Å². The van der Waals surface area contributed by atoms with Gasteiger partial charge < -0.3 is 0 Å². The fourth-order valence-corrected chi connectivity index (χ4v) is 2.55. The van der Waals surface area contributed by atoms with E-state index in [1.807, 2.05) is 44.2 Å². The predicted octanol–water partition coefficient (Wildman–Crippen LogP) is 2.40. The lowest BCUT2D eigenvalue weighted by atomic mass is 10.2. The Labute approximate surface area is 108 Å². The van der Waals surface area contributed by atoms with E-state index in [9.17, 15) is 0 Å². The normalized spacial score (nSPS) is 10.8. The molecule has 90 valence electrons. The number of hydrogen-bond acceptors (Lipinski definition) is 5. The largest absolute Gasteiger partial charge is 0.234 e. The summed E-state index contributed by atoms with van der Waals surface area (Å²) in [4.78, 5) is 4.26. The van der Waals surface area contributed by atoms with Crippen LogP contribution in [0.1, 0.15) is 11.6 Å². The van der Waals surface area contributed by atoms with Crippen molar-refractivity contribution in [1.29, 1.82) is 0 Å². The SMILES string of the molecule is Cc1nc(C)n(-c2nnc(-c3ccccc3)s2)n1. The lowest BCUT2D eigenvalue weighted by Gasteiger charge is -1.94. The molecule has 0 N–H and O–H groups in total. The van der Waals surface area contributed by atoms with Gasteiger partial charge in [-0.2, -0.15) is 4.68 Å². The van der Waals surface area contributed by atoms with Crippen LogP contribution in [0.25, 0.3) is 15.7 Å². The Morgan fingerprint density at radius 2 is 1.83 bits per heavy atom. The number of benzene rings is 1. The van der Waals surface area contributed by atoms with Crippen molar-refractivity contribution in [1.82, 2.24) is 25.0 Å². The van der Waals surface area contributed by atoms with Gasteiger partial charge in [0.05, 0.1) is 0 Å². The molecule has 0 aliphatic rings. The number of rotatable bonds is 2. The fraction of sp³-hybridized carbons (Fsp3) is 0.167. The molecule has 0 saturated heterocycles. The highest BCUT2D eigenvalue weighted by molar-refractivity contribution is 7.17. The third kappa shape index (κ3) is 1.91. The molecule has 1 aromatic carbocycles. The first-order chi connectivity index (χ1) is 8.74. The summed E-state index contributed by atoms with van der Waals surface area (Å²) in [6.45, 7) is 3.77. The molecule has 0 aliphatic carbocycles. The maximum absolute atomic E-state index is 4.30. The first-order valence-electron chi connectivity index (χ1n) is 5.53. The van der Waals surface area contributed by atoms with Gasteiger partial charge in [0.15, 0.2) is 0 Å². The molecule has 2 heterocycles. The van der Waals surface area contributed by atoms with Crippen molar-refractivity contribution in [2.45, 2.75) is 13.8 Å². The Kier molecular flexibility index (Phi) is 2.64. The van der Waals surface area contributed by atoms with Crippen molar-refractivity contribution < 1.29 is 0 Å². The molecule has 0 fully saturated rings. The van der Waals surface area contributed by atoms with Gasteiger partial charge in [0.25, 0.3) is 0 Å². The first kappa shape index (κ1) is 11.0. The number of aryl methyl sites for hydroxylation is 2. The highest BCUT2D eigenvalue weighted by Gasteiger charge is 2.11. The van der Waals surface area contributed by atoms with E-state index >= 15 is 0 Å². The van der Waals surface area contributed by atoms with Gasteiger partial charge in [-0.05, 0) is 13.8 Å². The summed E-state index contributed by atoms with van der Waals surface area (Å²) in [5.74, 6) is 1.56. The van der Waals surface area contributed by atoms with E-state index in [1.54, 1.807) is 4.68 Å². The third-order valence-corrected chi connectivity index (χ3v) is 3.44. The molecule has 2 aromatic heterocycles. The van der Waals surface area contributed by atoms with Gasteiger partial charge in [0.1, 0.15) is 16.7 Å². The van der Waals surface area contributed by atoms with Gasteiger partial charge in [-0.3, -0.25) is 0 Å². The third-order valence-electron chi connectivity index (χ3n) is 2.49. The van der Waals surface area contributed by atoms with Crippen LogP contribution in [0.15, 0.2) is 30.3 Å². The zero-order valence-electron chi connectivity index (χ0n) is 10.0. The average molecular weight is 257 g/mol. The van der Waals surface area contributed by atoms with Crippen molar-refractivity contribution in [3.63, 3.8) is 0 Å². The van der Waals surface area contributed by atoms with E-state index in [1.165, 1.54) is 11.3 Å². The summed E-state index contributed by atoms with van der Waals surface area (Å²) in [6, 6.07) is 9.99. The highest BCUT2D eigenvalue weighted by Crippen LogP contribution is 2.25. The van der Waals surface area contributed by atoms with Gasteiger partial charge in [-0.25, -0.2) is 4.98 Å². The van der Waals surface area contributed by atoms with Crippen LogP contribution in [-0.4, -0.2) is 25.0 Å². The quantitative estimate of drug-likeness (QED) is 0.707. The van der Waals surface area contributed by atoms with Gasteiger partial charge in [0.2, 0.25) is 5.13 Å². The van der Waals surface area contributed by atoms with Crippen LogP contribution in [0.3, 0.4) is 0 Å². The summed E-state index contributed by atoms with van der Waals surface area (Å²) in [7, 11) is 0. The smallest absolute Gasteiger partial charge is 0.217 e. The summed E-state index contributed by atoms with van der Waals surface area (Å²) in [6.07, 6.45) is 0. The molecule has 6 heteroatoms. The second kappa shape index (κ2) is 4.30. The summed E-state index contributed by atoms with van der Waals surface area (Å²) < 4.78 is 1.72. The molecule has 0 saturated carbocycles. The second-order valence-corrected chi connectivity index (χ2v) is 4.83.